The summed E-state index contributed by atoms with van der Waals surface area (Å²) >= 11 is 0. The Kier molecular flexibility index (Phi) is 7.07. The smallest absolute Gasteiger partial charge is 0.321 e. The van der Waals surface area contributed by atoms with E-state index < -0.39 is 6.03 Å². The number of nitrogens with one attached hydrogen (secondary N) is 3. The molecule has 1 aromatic rings. The Hall–Kier alpha value is -1.88. The minimum Gasteiger partial charge on any atom is -0.338 e. The SMILES string of the molecule is CCNC(=O)NC(=O)[C@H](c1ccccc1)[NH+]1CCCCCCC1. The zero-order chi connectivity index (χ0) is 16.5. The molecule has 126 valence electrons. The molecular formula is C18H28N3O2+. The molecule has 1 heterocycles. The standard InChI is InChI=1S/C18H27N3O2/c1-2-19-18(23)20-17(22)16(15-11-7-6-8-12-15)21-13-9-4-3-5-10-14-21/h6-8,11-12,16H,2-5,9-10,13-14H2,1H3,(H2,19,20,22,23)/p+1/t16-/m0/s1. The van der Waals surface area contributed by atoms with Gasteiger partial charge in [0, 0.05) is 12.1 Å². The molecule has 0 saturated carbocycles. The molecule has 0 aliphatic carbocycles. The van der Waals surface area contributed by atoms with E-state index in [0.717, 1.165) is 31.5 Å². The lowest BCUT2D eigenvalue weighted by Gasteiger charge is -2.29. The van der Waals surface area contributed by atoms with Crippen LogP contribution in [0.3, 0.4) is 0 Å². The maximum atomic E-state index is 12.7. The first-order valence-corrected chi connectivity index (χ1v) is 8.70. The van der Waals surface area contributed by atoms with Crippen LogP contribution in [0.15, 0.2) is 30.3 Å². The number of carbonyl (C=O) groups excluding carboxylic acids is 2. The molecule has 1 aromatic carbocycles. The van der Waals surface area contributed by atoms with Gasteiger partial charge in [-0.2, -0.15) is 0 Å². The fourth-order valence-electron chi connectivity index (χ4n) is 3.25. The van der Waals surface area contributed by atoms with Gasteiger partial charge in [-0.15, -0.1) is 0 Å². The van der Waals surface area contributed by atoms with Crippen molar-refractivity contribution in [2.45, 2.75) is 45.1 Å². The molecular weight excluding hydrogens is 290 g/mol. The summed E-state index contributed by atoms with van der Waals surface area (Å²) in [5.41, 5.74) is 0.977. The van der Waals surface area contributed by atoms with E-state index in [4.69, 9.17) is 0 Å². The van der Waals surface area contributed by atoms with Crippen molar-refractivity contribution in [3.05, 3.63) is 35.9 Å². The third kappa shape index (κ3) is 5.36. The van der Waals surface area contributed by atoms with Crippen molar-refractivity contribution in [3.8, 4) is 0 Å². The number of quaternary nitrogens is 1. The van der Waals surface area contributed by atoms with E-state index in [-0.39, 0.29) is 11.9 Å². The molecule has 23 heavy (non-hydrogen) atoms. The average Bonchev–Trinajstić information content (AvgIpc) is 2.50. The predicted molar refractivity (Wildman–Crippen MR) is 90.2 cm³/mol. The first-order chi connectivity index (χ1) is 11.2. The molecule has 1 aliphatic heterocycles. The highest BCUT2D eigenvalue weighted by Gasteiger charge is 2.32. The van der Waals surface area contributed by atoms with Crippen LogP contribution in [0.25, 0.3) is 0 Å². The van der Waals surface area contributed by atoms with Crippen molar-refractivity contribution in [1.82, 2.24) is 10.6 Å². The van der Waals surface area contributed by atoms with Crippen molar-refractivity contribution >= 4 is 11.9 Å². The predicted octanol–water partition coefficient (Wildman–Crippen LogP) is 1.42. The molecule has 1 aliphatic rings. The van der Waals surface area contributed by atoms with E-state index in [2.05, 4.69) is 10.6 Å². The largest absolute Gasteiger partial charge is 0.338 e. The van der Waals surface area contributed by atoms with E-state index in [1.807, 2.05) is 37.3 Å². The van der Waals surface area contributed by atoms with E-state index in [1.165, 1.54) is 24.2 Å². The average molecular weight is 318 g/mol. The summed E-state index contributed by atoms with van der Waals surface area (Å²) in [6.45, 7) is 4.29. The van der Waals surface area contributed by atoms with Gasteiger partial charge in [0.15, 0.2) is 6.04 Å². The van der Waals surface area contributed by atoms with Crippen LogP contribution in [0.1, 0.15) is 50.6 Å². The molecule has 5 heteroatoms. The Labute approximate surface area is 138 Å². The molecule has 1 atom stereocenters. The molecule has 1 saturated heterocycles. The summed E-state index contributed by atoms with van der Waals surface area (Å²) in [7, 11) is 0. The second-order valence-electron chi connectivity index (χ2n) is 6.12. The van der Waals surface area contributed by atoms with Gasteiger partial charge in [-0.3, -0.25) is 10.1 Å². The van der Waals surface area contributed by atoms with E-state index in [1.54, 1.807) is 0 Å². The summed E-state index contributed by atoms with van der Waals surface area (Å²) in [6, 6.07) is 9.07. The highest BCUT2D eigenvalue weighted by Crippen LogP contribution is 2.12. The van der Waals surface area contributed by atoms with Crippen molar-refractivity contribution < 1.29 is 14.5 Å². The molecule has 0 radical (unpaired) electrons. The number of rotatable bonds is 4. The number of hydrogen-bond acceptors (Lipinski definition) is 2. The van der Waals surface area contributed by atoms with Gasteiger partial charge in [-0.1, -0.05) is 36.8 Å². The van der Waals surface area contributed by atoms with Crippen LogP contribution in [-0.2, 0) is 4.79 Å². The number of carbonyl (C=O) groups is 2. The van der Waals surface area contributed by atoms with E-state index in [9.17, 15) is 9.59 Å². The van der Waals surface area contributed by atoms with E-state index >= 15 is 0 Å². The summed E-state index contributed by atoms with van der Waals surface area (Å²) in [4.78, 5) is 25.7. The Morgan fingerprint density at radius 1 is 1.04 bits per heavy atom. The number of benzene rings is 1. The summed E-state index contributed by atoms with van der Waals surface area (Å²) in [5.74, 6) is -0.210. The number of hydrogen-bond donors (Lipinski definition) is 3. The first kappa shape index (κ1) is 17.5. The molecule has 3 amide bonds. The fraction of sp³-hybridized carbons (Fsp3) is 0.556. The highest BCUT2D eigenvalue weighted by molar-refractivity contribution is 5.96. The van der Waals surface area contributed by atoms with Gasteiger partial charge in [0.25, 0.3) is 5.91 Å². The third-order valence-corrected chi connectivity index (χ3v) is 4.37. The van der Waals surface area contributed by atoms with E-state index in [0.29, 0.717) is 6.54 Å². The van der Waals surface area contributed by atoms with Gasteiger partial charge in [0.05, 0.1) is 13.1 Å². The van der Waals surface area contributed by atoms with Crippen LogP contribution in [0.2, 0.25) is 0 Å². The number of amides is 3. The second-order valence-corrected chi connectivity index (χ2v) is 6.12. The van der Waals surface area contributed by atoms with Gasteiger partial charge >= 0.3 is 6.03 Å². The van der Waals surface area contributed by atoms with Crippen LogP contribution in [-0.4, -0.2) is 31.6 Å². The summed E-state index contributed by atoms with van der Waals surface area (Å²) in [6.07, 6.45) is 6.00. The summed E-state index contributed by atoms with van der Waals surface area (Å²) in [5, 5.41) is 5.13. The minimum atomic E-state index is -0.412. The second kappa shape index (κ2) is 9.30. The molecule has 0 aromatic heterocycles. The first-order valence-electron chi connectivity index (χ1n) is 8.70. The van der Waals surface area contributed by atoms with Crippen molar-refractivity contribution in [2.24, 2.45) is 0 Å². The van der Waals surface area contributed by atoms with Crippen LogP contribution in [0, 0.1) is 0 Å². The van der Waals surface area contributed by atoms with Crippen LogP contribution >= 0.6 is 0 Å². The lowest BCUT2D eigenvalue weighted by Crippen LogP contribution is -3.13. The quantitative estimate of drug-likeness (QED) is 0.786. The topological polar surface area (TPSA) is 62.6 Å². The zero-order valence-electron chi connectivity index (χ0n) is 13.9. The Balaban J connectivity index is 2.17. The van der Waals surface area contributed by atoms with Crippen LogP contribution in [0.5, 0.6) is 0 Å². The van der Waals surface area contributed by atoms with Crippen molar-refractivity contribution in [3.63, 3.8) is 0 Å². The molecule has 0 bridgehead atoms. The molecule has 0 unspecified atom stereocenters. The minimum absolute atomic E-state index is 0.210. The normalized spacial score (nSPS) is 17.6. The number of urea groups is 1. The zero-order valence-corrected chi connectivity index (χ0v) is 13.9. The van der Waals surface area contributed by atoms with Gasteiger partial charge in [0.2, 0.25) is 0 Å². The Bertz CT molecular complexity index is 496. The van der Waals surface area contributed by atoms with Crippen molar-refractivity contribution in [1.29, 1.82) is 0 Å². The monoisotopic (exact) mass is 318 g/mol. The molecule has 1 fully saturated rings. The third-order valence-electron chi connectivity index (χ3n) is 4.37. The molecule has 3 N–H and O–H groups in total. The van der Waals surface area contributed by atoms with Crippen molar-refractivity contribution in [2.75, 3.05) is 19.6 Å². The number of imide groups is 1. The fourth-order valence-corrected chi connectivity index (χ4v) is 3.25. The maximum absolute atomic E-state index is 12.7. The van der Waals surface area contributed by atoms with Crippen LogP contribution < -0.4 is 15.5 Å². The number of likely N-dealkylation sites (tertiary alicyclic amines) is 1. The lowest BCUT2D eigenvalue weighted by molar-refractivity contribution is -0.923. The molecule has 5 nitrogen and oxygen atoms in total. The molecule has 0 spiro atoms. The van der Waals surface area contributed by atoms with Crippen LogP contribution in [0.4, 0.5) is 4.79 Å². The maximum Gasteiger partial charge on any atom is 0.321 e. The highest BCUT2D eigenvalue weighted by atomic mass is 16.2. The van der Waals surface area contributed by atoms with Gasteiger partial charge < -0.3 is 10.2 Å². The van der Waals surface area contributed by atoms with Gasteiger partial charge in [-0.25, -0.2) is 4.79 Å². The van der Waals surface area contributed by atoms with Gasteiger partial charge in [0.1, 0.15) is 0 Å². The molecule has 2 rings (SSSR count). The lowest BCUT2D eigenvalue weighted by atomic mass is 10.0. The Morgan fingerprint density at radius 3 is 2.26 bits per heavy atom. The van der Waals surface area contributed by atoms with Gasteiger partial charge in [-0.05, 0) is 32.6 Å². The Morgan fingerprint density at radius 2 is 1.65 bits per heavy atom. The summed E-state index contributed by atoms with van der Waals surface area (Å²) < 4.78 is 0.